The number of hydrogen-bond donors (Lipinski definition) is 0. The molecule has 0 atom stereocenters. The van der Waals surface area contributed by atoms with E-state index in [0.29, 0.717) is 0 Å². The van der Waals surface area contributed by atoms with Gasteiger partial charge >= 0.3 is 0 Å². The molecule has 91 heavy (non-hydrogen) atoms. The quantitative estimate of drug-likeness (QED) is 0.123. The molecule has 0 amide bonds. The maximum Gasteiger partial charge on any atom is 0.216 e. The minimum atomic E-state index is -1.36. The molecule has 6 heterocycles. The maximum absolute atomic E-state index is 6.48. The average molecular weight is 1250 g/mol. The van der Waals surface area contributed by atoms with E-state index in [1.165, 1.54) is 153 Å². The summed E-state index contributed by atoms with van der Waals surface area (Å²) in [4.78, 5) is 0. The molecule has 6 aromatic heterocycles. The summed E-state index contributed by atoms with van der Waals surface area (Å²) in [6.45, 7) is 37.0. The fourth-order valence-corrected chi connectivity index (χ4v) is 17.3. The summed E-state index contributed by atoms with van der Waals surface area (Å²) in [5.41, 5.74) is 25.9. The second-order valence-corrected chi connectivity index (χ2v) is 44.2. The van der Waals surface area contributed by atoms with E-state index in [0.717, 1.165) is 33.5 Å². The summed E-state index contributed by atoms with van der Waals surface area (Å²) in [7, 11) is 2.49. The second kappa shape index (κ2) is 22.6. The SMILES string of the molecule is Cc1cc2oc3ccccc3c2cc1-c1cc(C)c2cc([Si](C)(C)C)ccc2[n+]1C.Cc1ccc2c(c1)oc1c(-c3ccc4cc([Si](C)(C)C)ccc4[n+]3C)c(C)c(C)cc12.Cc1ccc2oc3ccccc3c2c1-c1cc(C)c2cc([Si](C)(C)C)ccc2[n+]1C. The van der Waals surface area contributed by atoms with Crippen LogP contribution in [-0.2, 0) is 21.1 Å². The molecule has 456 valence electrons. The van der Waals surface area contributed by atoms with Gasteiger partial charge in [0.25, 0.3) is 0 Å². The van der Waals surface area contributed by atoms with Gasteiger partial charge in [0, 0.05) is 90.4 Å². The van der Waals surface area contributed by atoms with Crippen molar-refractivity contribution in [3.8, 4) is 33.8 Å². The maximum atomic E-state index is 6.48. The second-order valence-electron chi connectivity index (χ2n) is 29.0. The lowest BCUT2D eigenvalue weighted by Crippen LogP contribution is -2.39. The Hall–Kier alpha value is -8.74. The van der Waals surface area contributed by atoms with Gasteiger partial charge in [-0.3, -0.25) is 0 Å². The highest BCUT2D eigenvalue weighted by molar-refractivity contribution is 6.89. The van der Waals surface area contributed by atoms with Crippen molar-refractivity contribution in [1.82, 2.24) is 0 Å². The minimum Gasteiger partial charge on any atom is -0.456 e. The molecule has 0 aliphatic heterocycles. The topological polar surface area (TPSA) is 51.1 Å². The molecule has 15 rings (SSSR count). The first-order valence-corrected chi connectivity index (χ1v) is 42.7. The van der Waals surface area contributed by atoms with Crippen LogP contribution in [-0.4, -0.2) is 24.2 Å². The first-order valence-electron chi connectivity index (χ1n) is 32.2. The van der Waals surface area contributed by atoms with E-state index in [9.17, 15) is 0 Å². The van der Waals surface area contributed by atoms with Crippen LogP contribution in [0, 0.1) is 48.5 Å². The lowest BCUT2D eigenvalue weighted by Gasteiger charge is -2.17. The molecule has 6 nitrogen and oxygen atoms in total. The van der Waals surface area contributed by atoms with Crippen LogP contribution in [0.4, 0.5) is 0 Å². The number of furan rings is 3. The van der Waals surface area contributed by atoms with Crippen molar-refractivity contribution in [2.45, 2.75) is 107 Å². The summed E-state index contributed by atoms with van der Waals surface area (Å²) in [6.07, 6.45) is 0. The van der Waals surface area contributed by atoms with Gasteiger partial charge in [-0.15, -0.1) is 0 Å². The van der Waals surface area contributed by atoms with Gasteiger partial charge in [0.1, 0.15) is 54.6 Å². The highest BCUT2D eigenvalue weighted by Crippen LogP contribution is 2.41. The van der Waals surface area contributed by atoms with Crippen molar-refractivity contribution in [3.05, 3.63) is 215 Å². The molecule has 0 spiro atoms. The number of hydrogen-bond acceptors (Lipinski definition) is 3. The molecule has 9 aromatic carbocycles. The molecule has 0 N–H and O–H groups in total. The highest BCUT2D eigenvalue weighted by atomic mass is 28.3. The van der Waals surface area contributed by atoms with Gasteiger partial charge < -0.3 is 13.3 Å². The first-order chi connectivity index (χ1) is 43.1. The average Bonchev–Trinajstić information content (AvgIpc) is 1.73. The van der Waals surface area contributed by atoms with Gasteiger partial charge in [-0.2, -0.15) is 13.7 Å². The van der Waals surface area contributed by atoms with E-state index < -0.39 is 24.2 Å². The normalized spacial score (nSPS) is 12.3. The van der Waals surface area contributed by atoms with Crippen molar-refractivity contribution in [2.75, 3.05) is 0 Å². The van der Waals surface area contributed by atoms with Gasteiger partial charge in [0.2, 0.25) is 33.6 Å². The third-order valence-electron chi connectivity index (χ3n) is 19.5. The number of fused-ring (bicyclic) bond motifs is 12. The third kappa shape index (κ3) is 10.8. The van der Waals surface area contributed by atoms with E-state index in [1.54, 1.807) is 0 Å². The third-order valence-corrected chi connectivity index (χ3v) is 25.6. The Morgan fingerprint density at radius 2 is 0.835 bits per heavy atom. The summed E-state index contributed by atoms with van der Waals surface area (Å²) >= 11 is 0. The molecule has 0 saturated carbocycles. The van der Waals surface area contributed by atoms with Gasteiger partial charge in [0.05, 0.1) is 35.3 Å². The number of nitrogens with zero attached hydrogens (tertiary/aromatic N) is 3. The molecule has 0 saturated heterocycles. The largest absolute Gasteiger partial charge is 0.456 e. The molecule has 0 aliphatic carbocycles. The van der Waals surface area contributed by atoms with E-state index in [4.69, 9.17) is 13.3 Å². The van der Waals surface area contributed by atoms with Crippen LogP contribution in [0.25, 0.3) is 132 Å². The summed E-state index contributed by atoms with van der Waals surface area (Å²) in [6, 6.07) is 64.5. The minimum absolute atomic E-state index is 0.944. The van der Waals surface area contributed by atoms with E-state index in [-0.39, 0.29) is 0 Å². The van der Waals surface area contributed by atoms with Crippen molar-refractivity contribution in [3.63, 3.8) is 0 Å². The zero-order chi connectivity index (χ0) is 64.5. The summed E-state index contributed by atoms with van der Waals surface area (Å²) in [5.74, 6) is 0. The molecule has 15 aromatic rings. The van der Waals surface area contributed by atoms with E-state index in [2.05, 4.69) is 300 Å². The highest BCUT2D eigenvalue weighted by Gasteiger charge is 2.29. The smallest absolute Gasteiger partial charge is 0.216 e. The molecule has 9 heteroatoms. The van der Waals surface area contributed by atoms with E-state index >= 15 is 0 Å². The van der Waals surface area contributed by atoms with Crippen LogP contribution in [0.5, 0.6) is 0 Å². The van der Waals surface area contributed by atoms with E-state index in [1.807, 2.05) is 18.2 Å². The van der Waals surface area contributed by atoms with Crippen molar-refractivity contribution < 1.29 is 27.0 Å². The van der Waals surface area contributed by atoms with Gasteiger partial charge in [-0.1, -0.05) is 147 Å². The lowest BCUT2D eigenvalue weighted by atomic mass is 9.96. The molecular weight excluding hydrogens is 1160 g/mol. The lowest BCUT2D eigenvalue weighted by molar-refractivity contribution is -0.633. The van der Waals surface area contributed by atoms with Crippen LogP contribution < -0.4 is 29.3 Å². The Balaban J connectivity index is 0.000000125. The number of para-hydroxylation sites is 2. The molecule has 0 radical (unpaired) electrons. The van der Waals surface area contributed by atoms with Crippen LogP contribution in [0.15, 0.2) is 189 Å². The predicted octanol–water partition coefficient (Wildman–Crippen LogP) is 19.5. The fraction of sp³-hybridized carbons (Fsp3) is 0.232. The monoisotopic (exact) mass is 1240 g/mol. The van der Waals surface area contributed by atoms with Crippen LogP contribution in [0.2, 0.25) is 58.9 Å². The van der Waals surface area contributed by atoms with Crippen molar-refractivity contribution >= 4 is 138 Å². The standard InChI is InChI=1S/C28H30NOSi.2C27H28NOSi/c1-17-8-11-22-23-15-18(2)19(3)27(28(23)30-26(22)14-17)25-12-9-20-16-21(31(5,6)7)10-13-24(20)29(25)4;1-17-11-14-25-27(20-9-7-8-10-24(20)29-25)26(17)23-15-18(2)21-16-19(30(4,5)6)12-13-22(21)28(23)3;1-17-13-25(28(3)24-12-11-19(15-21(17)24)30(4,5)6)22-16-23-20-9-7-8-10-26(20)29-27(23)14-18(22)2/h8-16H,1-7H3;2*7-16H,1-6H3/q3*+1. The summed E-state index contributed by atoms with van der Waals surface area (Å²) in [5, 5.41) is 15.6. The fourth-order valence-electron chi connectivity index (χ4n) is 13.8. The molecular formula is C82H86N3O3Si3+3. The Morgan fingerprint density at radius 1 is 0.308 bits per heavy atom. The number of aromatic nitrogens is 3. The number of rotatable bonds is 6. The zero-order valence-electron chi connectivity index (χ0n) is 56.8. The van der Waals surface area contributed by atoms with Crippen LogP contribution in [0.1, 0.15) is 38.9 Å². The number of benzene rings is 9. The Bertz CT molecular complexity index is 5490. The van der Waals surface area contributed by atoms with Crippen LogP contribution >= 0.6 is 0 Å². The van der Waals surface area contributed by atoms with Crippen LogP contribution in [0.3, 0.4) is 0 Å². The number of aryl methyl sites for hydroxylation is 9. The zero-order valence-corrected chi connectivity index (χ0v) is 59.8. The summed E-state index contributed by atoms with van der Waals surface area (Å²) < 4.78 is 25.8. The molecule has 0 fully saturated rings. The molecule has 0 unspecified atom stereocenters. The predicted molar refractivity (Wildman–Crippen MR) is 396 cm³/mol. The van der Waals surface area contributed by atoms with Gasteiger partial charge in [-0.05, 0) is 154 Å². The molecule has 0 aliphatic rings. The Kier molecular flexibility index (Phi) is 15.2. The molecule has 0 bridgehead atoms. The van der Waals surface area contributed by atoms with Gasteiger partial charge in [-0.25, -0.2) is 0 Å². The Labute approximate surface area is 539 Å². The Morgan fingerprint density at radius 3 is 1.47 bits per heavy atom. The van der Waals surface area contributed by atoms with Crippen molar-refractivity contribution in [2.24, 2.45) is 21.1 Å². The van der Waals surface area contributed by atoms with Crippen molar-refractivity contribution in [1.29, 1.82) is 0 Å². The van der Waals surface area contributed by atoms with Gasteiger partial charge in [0.15, 0.2) is 0 Å². The first kappa shape index (κ1) is 61.1. The number of pyridine rings is 3.